The lowest BCUT2D eigenvalue weighted by molar-refractivity contribution is -0.137. The molecule has 2 fully saturated rings. The minimum Gasteiger partial charge on any atom is -0.378 e. The van der Waals surface area contributed by atoms with Gasteiger partial charge in [-0.2, -0.15) is 13.2 Å². The van der Waals surface area contributed by atoms with E-state index in [0.717, 1.165) is 54.9 Å². The van der Waals surface area contributed by atoms with E-state index in [1.807, 2.05) is 5.38 Å². The Morgan fingerprint density at radius 1 is 1.10 bits per heavy atom. The smallest absolute Gasteiger partial charge is 0.378 e. The highest BCUT2D eigenvalue weighted by Crippen LogP contribution is 2.41. The van der Waals surface area contributed by atoms with Crippen molar-refractivity contribution in [1.29, 1.82) is 0 Å². The average Bonchev–Trinajstić information content (AvgIpc) is 3.34. The number of hydrogen-bond acceptors (Lipinski definition) is 7. The van der Waals surface area contributed by atoms with Crippen LogP contribution in [0, 0.1) is 0 Å². The lowest BCUT2D eigenvalue weighted by Gasteiger charge is -2.27. The van der Waals surface area contributed by atoms with E-state index in [4.69, 9.17) is 4.74 Å². The molecule has 164 valence electrons. The first-order valence-corrected chi connectivity index (χ1v) is 11.9. The third-order valence-corrected chi connectivity index (χ3v) is 7.13. The highest BCUT2D eigenvalue weighted by molar-refractivity contribution is 7.98. The normalized spacial score (nSPS) is 17.3. The van der Waals surface area contributed by atoms with Crippen LogP contribution < -0.4 is 4.90 Å². The van der Waals surface area contributed by atoms with E-state index in [0.29, 0.717) is 35.6 Å². The Morgan fingerprint density at radius 2 is 1.84 bits per heavy atom. The highest BCUT2D eigenvalue weighted by atomic mass is 32.2. The number of thioether (sulfide) groups is 1. The Balaban J connectivity index is 1.28. The van der Waals surface area contributed by atoms with Gasteiger partial charge in [0.1, 0.15) is 5.01 Å². The van der Waals surface area contributed by atoms with Crippen LogP contribution in [-0.4, -0.2) is 46.1 Å². The van der Waals surface area contributed by atoms with Gasteiger partial charge in [-0.1, -0.05) is 23.9 Å². The van der Waals surface area contributed by atoms with Gasteiger partial charge in [0.05, 0.1) is 24.5 Å². The third-order valence-electron chi connectivity index (χ3n) is 5.21. The zero-order chi connectivity index (χ0) is 21.4. The molecule has 0 amide bonds. The van der Waals surface area contributed by atoms with Crippen molar-refractivity contribution in [2.75, 3.05) is 31.2 Å². The number of aromatic nitrogens is 4. The summed E-state index contributed by atoms with van der Waals surface area (Å²) in [5.41, 5.74) is 0.909. The first-order valence-electron chi connectivity index (χ1n) is 10.0. The third kappa shape index (κ3) is 4.58. The van der Waals surface area contributed by atoms with Gasteiger partial charge in [0.25, 0.3) is 0 Å². The van der Waals surface area contributed by atoms with Gasteiger partial charge in [-0.15, -0.1) is 21.5 Å². The van der Waals surface area contributed by atoms with Crippen molar-refractivity contribution in [3.8, 4) is 10.6 Å². The fourth-order valence-corrected chi connectivity index (χ4v) is 5.27. The summed E-state index contributed by atoms with van der Waals surface area (Å²) in [6.07, 6.45) is -2.06. The van der Waals surface area contributed by atoms with Crippen molar-refractivity contribution >= 4 is 29.0 Å². The van der Waals surface area contributed by atoms with Gasteiger partial charge in [-0.25, -0.2) is 4.98 Å². The molecule has 0 unspecified atom stereocenters. The van der Waals surface area contributed by atoms with Crippen LogP contribution in [-0.2, 0) is 16.7 Å². The summed E-state index contributed by atoms with van der Waals surface area (Å²) in [5.74, 6) is 1.54. The quantitative estimate of drug-likeness (QED) is 0.482. The highest BCUT2D eigenvalue weighted by Gasteiger charge is 2.32. The molecule has 1 saturated heterocycles. The number of anilines is 1. The van der Waals surface area contributed by atoms with Gasteiger partial charge in [0, 0.05) is 35.8 Å². The van der Waals surface area contributed by atoms with E-state index in [1.54, 1.807) is 11.8 Å². The molecule has 3 aromatic rings. The molecule has 6 nitrogen and oxygen atoms in total. The second-order valence-corrected chi connectivity index (χ2v) is 9.29. The molecule has 11 heteroatoms. The van der Waals surface area contributed by atoms with Crippen molar-refractivity contribution in [3.63, 3.8) is 0 Å². The summed E-state index contributed by atoms with van der Waals surface area (Å²) in [5, 5.41) is 12.4. The lowest BCUT2D eigenvalue weighted by Crippen LogP contribution is -2.38. The van der Waals surface area contributed by atoms with Crippen molar-refractivity contribution in [1.82, 2.24) is 19.7 Å². The Labute approximate surface area is 185 Å². The Morgan fingerprint density at radius 3 is 2.52 bits per heavy atom. The van der Waals surface area contributed by atoms with E-state index < -0.39 is 11.7 Å². The number of alkyl halides is 3. The summed E-state index contributed by atoms with van der Waals surface area (Å²) < 4.78 is 46.0. The molecule has 0 radical (unpaired) electrons. The van der Waals surface area contributed by atoms with Gasteiger partial charge < -0.3 is 9.64 Å². The maximum atomic E-state index is 12.8. The summed E-state index contributed by atoms with van der Waals surface area (Å²) in [6, 6.07) is 5.58. The molecule has 1 aliphatic heterocycles. The molecule has 0 spiro atoms. The molecular weight excluding hydrogens is 447 g/mol. The van der Waals surface area contributed by atoms with Gasteiger partial charge in [-0.05, 0) is 25.0 Å². The Hall–Kier alpha value is -2.11. The van der Waals surface area contributed by atoms with Gasteiger partial charge in [0.2, 0.25) is 5.95 Å². The van der Waals surface area contributed by atoms with Crippen LogP contribution in [0.1, 0.15) is 30.1 Å². The number of rotatable bonds is 6. The zero-order valence-corrected chi connectivity index (χ0v) is 18.1. The second kappa shape index (κ2) is 8.44. The van der Waals surface area contributed by atoms with E-state index in [1.165, 1.54) is 23.5 Å². The second-order valence-electron chi connectivity index (χ2n) is 7.49. The molecule has 0 N–H and O–H groups in total. The average molecular weight is 468 g/mol. The molecule has 1 saturated carbocycles. The van der Waals surface area contributed by atoms with Crippen molar-refractivity contribution in [2.45, 2.75) is 36.0 Å². The summed E-state index contributed by atoms with van der Waals surface area (Å²) in [6.45, 7) is 3.04. The van der Waals surface area contributed by atoms with E-state index in [9.17, 15) is 13.2 Å². The maximum Gasteiger partial charge on any atom is 0.416 e. The van der Waals surface area contributed by atoms with Crippen molar-refractivity contribution in [2.24, 2.45) is 0 Å². The molecule has 31 heavy (non-hydrogen) atoms. The van der Waals surface area contributed by atoms with E-state index in [2.05, 4.69) is 24.6 Å². The SMILES string of the molecule is FC(F)(F)c1ccc(-c2nc(CSc3nnc(N4CCOCC4)n3C3CC3)cs2)cc1. The number of halogens is 3. The van der Waals surface area contributed by atoms with Gasteiger partial charge >= 0.3 is 6.18 Å². The predicted molar refractivity (Wildman–Crippen MR) is 113 cm³/mol. The fraction of sp³-hybridized carbons (Fsp3) is 0.450. The zero-order valence-electron chi connectivity index (χ0n) is 16.5. The Bertz CT molecular complexity index is 1040. The maximum absolute atomic E-state index is 12.8. The number of ether oxygens (including phenoxy) is 1. The molecule has 1 aromatic carbocycles. The van der Waals surface area contributed by atoms with Gasteiger partial charge in [-0.3, -0.25) is 4.57 Å². The molecule has 0 bridgehead atoms. The van der Waals surface area contributed by atoms with E-state index in [-0.39, 0.29) is 0 Å². The van der Waals surface area contributed by atoms with Crippen LogP contribution in [0.4, 0.5) is 19.1 Å². The summed E-state index contributed by atoms with van der Waals surface area (Å²) in [4.78, 5) is 6.83. The molecular formula is C20H20F3N5OS2. The molecule has 0 atom stereocenters. The van der Waals surface area contributed by atoms with Gasteiger partial charge in [0.15, 0.2) is 5.16 Å². The number of benzene rings is 1. The Kier molecular flexibility index (Phi) is 5.65. The standard InChI is InChI=1S/C20H20F3N5OS2/c21-20(22,23)14-3-1-13(2-4-14)17-24-15(11-30-17)12-31-19-26-25-18(28(19)16-5-6-16)27-7-9-29-10-8-27/h1-4,11,16H,5-10,12H2. The number of morpholine rings is 1. The van der Waals surface area contributed by atoms with Crippen LogP contribution in [0.25, 0.3) is 10.6 Å². The molecule has 1 aliphatic carbocycles. The van der Waals surface area contributed by atoms with Crippen molar-refractivity contribution < 1.29 is 17.9 Å². The monoisotopic (exact) mass is 467 g/mol. The topological polar surface area (TPSA) is 56.1 Å². The minimum absolute atomic E-state index is 0.452. The fourth-order valence-electron chi connectivity index (χ4n) is 3.45. The summed E-state index contributed by atoms with van der Waals surface area (Å²) in [7, 11) is 0. The van der Waals surface area contributed by atoms with Crippen LogP contribution >= 0.6 is 23.1 Å². The summed E-state index contributed by atoms with van der Waals surface area (Å²) >= 11 is 3.03. The van der Waals surface area contributed by atoms with Crippen LogP contribution in [0.5, 0.6) is 0 Å². The largest absolute Gasteiger partial charge is 0.416 e. The molecule has 2 aliphatic rings. The van der Waals surface area contributed by atoms with Crippen LogP contribution in [0.2, 0.25) is 0 Å². The molecule has 5 rings (SSSR count). The number of thiazole rings is 1. The predicted octanol–water partition coefficient (Wildman–Crippen LogP) is 4.88. The first kappa shape index (κ1) is 20.8. The number of hydrogen-bond donors (Lipinski definition) is 0. The minimum atomic E-state index is -4.33. The van der Waals surface area contributed by atoms with E-state index >= 15 is 0 Å². The van der Waals surface area contributed by atoms with Crippen LogP contribution in [0.15, 0.2) is 34.8 Å². The van der Waals surface area contributed by atoms with Crippen LogP contribution in [0.3, 0.4) is 0 Å². The first-order chi connectivity index (χ1) is 15.0. The molecule has 2 aromatic heterocycles. The van der Waals surface area contributed by atoms with Crippen molar-refractivity contribution in [3.05, 3.63) is 40.9 Å². The lowest BCUT2D eigenvalue weighted by atomic mass is 10.1. The molecule has 3 heterocycles. The number of nitrogens with zero attached hydrogens (tertiary/aromatic N) is 5.